The average molecular weight is 290 g/mol. The number of carbonyl (C=O) groups excluding carboxylic acids is 1. The van der Waals surface area contributed by atoms with Gasteiger partial charge in [0.25, 0.3) is 0 Å². The van der Waals surface area contributed by atoms with Gasteiger partial charge in [-0.1, -0.05) is 19.8 Å². The van der Waals surface area contributed by atoms with E-state index in [0.717, 1.165) is 24.1 Å². The predicted molar refractivity (Wildman–Crippen MR) is 86.4 cm³/mol. The molecule has 2 atom stereocenters. The topological polar surface area (TPSA) is 64.3 Å². The second kappa shape index (κ2) is 7.34. The van der Waals surface area contributed by atoms with Crippen LogP contribution in [0.3, 0.4) is 0 Å². The van der Waals surface area contributed by atoms with Crippen LogP contribution in [0.4, 0.5) is 11.4 Å². The van der Waals surface area contributed by atoms with Gasteiger partial charge in [0.1, 0.15) is 0 Å². The van der Waals surface area contributed by atoms with Crippen LogP contribution in [-0.2, 0) is 4.74 Å². The van der Waals surface area contributed by atoms with Gasteiger partial charge in [0.15, 0.2) is 0 Å². The normalized spacial score (nSPS) is 21.8. The van der Waals surface area contributed by atoms with Crippen molar-refractivity contribution in [1.82, 2.24) is 0 Å². The van der Waals surface area contributed by atoms with Crippen molar-refractivity contribution >= 4 is 17.3 Å². The maximum absolute atomic E-state index is 11.8. The molecular formula is C17H26N2O2. The van der Waals surface area contributed by atoms with Crippen molar-refractivity contribution in [2.75, 3.05) is 24.2 Å². The lowest BCUT2D eigenvalue weighted by atomic mass is 9.82. The molecule has 3 N–H and O–H groups in total. The predicted octanol–water partition coefficient (Wildman–Crippen LogP) is 3.68. The maximum atomic E-state index is 11.8. The lowest BCUT2D eigenvalue weighted by Crippen LogP contribution is -2.21. The molecule has 0 bridgehead atoms. The van der Waals surface area contributed by atoms with Gasteiger partial charge < -0.3 is 15.8 Å². The van der Waals surface area contributed by atoms with Gasteiger partial charge in [-0.2, -0.15) is 0 Å². The first-order valence-corrected chi connectivity index (χ1v) is 7.90. The van der Waals surface area contributed by atoms with Gasteiger partial charge in [-0.25, -0.2) is 4.79 Å². The molecule has 1 aromatic rings. The summed E-state index contributed by atoms with van der Waals surface area (Å²) in [4.78, 5) is 11.8. The van der Waals surface area contributed by atoms with Gasteiger partial charge in [-0.3, -0.25) is 0 Å². The number of anilines is 2. The Labute approximate surface area is 127 Å². The van der Waals surface area contributed by atoms with Crippen molar-refractivity contribution in [1.29, 1.82) is 0 Å². The number of rotatable bonds is 5. The SMILES string of the molecule is CCOC(=O)c1cc(NCC2CCCC(C)C2)ccc1N. The number of benzene rings is 1. The quantitative estimate of drug-likeness (QED) is 0.641. The fraction of sp³-hybridized carbons (Fsp3) is 0.588. The fourth-order valence-corrected chi connectivity index (χ4v) is 3.06. The van der Waals surface area contributed by atoms with E-state index >= 15 is 0 Å². The molecule has 1 saturated carbocycles. The van der Waals surface area contributed by atoms with Gasteiger partial charge in [-0.15, -0.1) is 0 Å². The fourth-order valence-electron chi connectivity index (χ4n) is 3.06. The number of hydrogen-bond acceptors (Lipinski definition) is 4. The Morgan fingerprint density at radius 1 is 1.43 bits per heavy atom. The van der Waals surface area contributed by atoms with Crippen LogP contribution in [0.15, 0.2) is 18.2 Å². The van der Waals surface area contributed by atoms with E-state index in [0.29, 0.717) is 17.9 Å². The number of esters is 1. The molecule has 0 aromatic heterocycles. The molecule has 1 aliphatic carbocycles. The third kappa shape index (κ3) is 4.38. The van der Waals surface area contributed by atoms with E-state index in [4.69, 9.17) is 10.5 Å². The molecule has 0 aliphatic heterocycles. The minimum atomic E-state index is -0.357. The van der Waals surface area contributed by atoms with E-state index in [1.165, 1.54) is 25.7 Å². The third-order valence-corrected chi connectivity index (χ3v) is 4.19. The van der Waals surface area contributed by atoms with Gasteiger partial charge in [0, 0.05) is 17.9 Å². The van der Waals surface area contributed by atoms with Crippen molar-refractivity contribution in [2.45, 2.75) is 39.5 Å². The summed E-state index contributed by atoms with van der Waals surface area (Å²) in [7, 11) is 0. The highest BCUT2D eigenvalue weighted by Gasteiger charge is 2.19. The standard InChI is InChI=1S/C17H26N2O2/c1-3-21-17(20)15-10-14(7-8-16(15)18)19-11-13-6-4-5-12(2)9-13/h7-8,10,12-13,19H,3-6,9,11,18H2,1-2H3. The molecule has 0 heterocycles. The molecule has 0 amide bonds. The van der Waals surface area contributed by atoms with Crippen molar-refractivity contribution in [3.8, 4) is 0 Å². The van der Waals surface area contributed by atoms with Crippen molar-refractivity contribution < 1.29 is 9.53 Å². The smallest absolute Gasteiger partial charge is 0.340 e. The molecular weight excluding hydrogens is 264 g/mol. The van der Waals surface area contributed by atoms with Crippen LogP contribution in [0.2, 0.25) is 0 Å². The Morgan fingerprint density at radius 3 is 2.95 bits per heavy atom. The Balaban J connectivity index is 1.97. The molecule has 1 aliphatic rings. The summed E-state index contributed by atoms with van der Waals surface area (Å²) in [5, 5.41) is 3.44. The zero-order valence-corrected chi connectivity index (χ0v) is 13.0. The van der Waals surface area contributed by atoms with Crippen LogP contribution in [0.1, 0.15) is 49.9 Å². The van der Waals surface area contributed by atoms with Crippen LogP contribution in [0.5, 0.6) is 0 Å². The third-order valence-electron chi connectivity index (χ3n) is 4.19. The van der Waals surface area contributed by atoms with Gasteiger partial charge >= 0.3 is 5.97 Å². The minimum Gasteiger partial charge on any atom is -0.462 e. The molecule has 2 rings (SSSR count). The summed E-state index contributed by atoms with van der Waals surface area (Å²) < 4.78 is 5.03. The van der Waals surface area contributed by atoms with Crippen molar-refractivity contribution in [2.24, 2.45) is 11.8 Å². The second-order valence-corrected chi connectivity index (χ2v) is 6.04. The van der Waals surface area contributed by atoms with Gasteiger partial charge in [0.2, 0.25) is 0 Å². The van der Waals surface area contributed by atoms with Crippen molar-refractivity contribution in [3.05, 3.63) is 23.8 Å². The summed E-state index contributed by atoms with van der Waals surface area (Å²) in [5.74, 6) is 1.19. The highest BCUT2D eigenvalue weighted by Crippen LogP contribution is 2.29. The van der Waals surface area contributed by atoms with Crippen LogP contribution < -0.4 is 11.1 Å². The molecule has 21 heavy (non-hydrogen) atoms. The zero-order valence-electron chi connectivity index (χ0n) is 13.0. The highest BCUT2D eigenvalue weighted by molar-refractivity contribution is 5.96. The Hall–Kier alpha value is -1.71. The summed E-state index contributed by atoms with van der Waals surface area (Å²) in [6.07, 6.45) is 5.25. The van der Waals surface area contributed by atoms with Gasteiger partial charge in [0.05, 0.1) is 12.2 Å². The molecule has 0 spiro atoms. The molecule has 0 saturated heterocycles. The molecule has 4 nitrogen and oxygen atoms in total. The lowest BCUT2D eigenvalue weighted by Gasteiger charge is -2.27. The molecule has 4 heteroatoms. The van der Waals surface area contributed by atoms with E-state index < -0.39 is 0 Å². The van der Waals surface area contributed by atoms with Crippen LogP contribution >= 0.6 is 0 Å². The Morgan fingerprint density at radius 2 is 2.24 bits per heavy atom. The molecule has 1 aromatic carbocycles. The van der Waals surface area contributed by atoms with E-state index in [-0.39, 0.29) is 5.97 Å². The molecule has 116 valence electrons. The van der Waals surface area contributed by atoms with E-state index in [9.17, 15) is 4.79 Å². The number of carbonyl (C=O) groups is 1. The number of ether oxygens (including phenoxy) is 1. The first kappa shape index (κ1) is 15.7. The monoisotopic (exact) mass is 290 g/mol. The second-order valence-electron chi connectivity index (χ2n) is 6.04. The van der Waals surface area contributed by atoms with Crippen LogP contribution in [-0.4, -0.2) is 19.1 Å². The Bertz CT molecular complexity index is 488. The Kier molecular flexibility index (Phi) is 5.48. The largest absolute Gasteiger partial charge is 0.462 e. The first-order chi connectivity index (χ1) is 10.1. The average Bonchev–Trinajstić information content (AvgIpc) is 2.46. The molecule has 0 radical (unpaired) electrons. The van der Waals surface area contributed by atoms with Crippen LogP contribution in [0, 0.1) is 11.8 Å². The number of hydrogen-bond donors (Lipinski definition) is 2. The minimum absolute atomic E-state index is 0.357. The lowest BCUT2D eigenvalue weighted by molar-refractivity contribution is 0.0527. The van der Waals surface area contributed by atoms with E-state index in [1.807, 2.05) is 6.07 Å². The maximum Gasteiger partial charge on any atom is 0.340 e. The number of nitrogens with two attached hydrogens (primary N) is 1. The summed E-state index contributed by atoms with van der Waals surface area (Å²) in [5.41, 5.74) is 7.69. The zero-order chi connectivity index (χ0) is 15.2. The van der Waals surface area contributed by atoms with E-state index in [1.54, 1.807) is 19.1 Å². The summed E-state index contributed by atoms with van der Waals surface area (Å²) in [6, 6.07) is 5.47. The van der Waals surface area contributed by atoms with Crippen molar-refractivity contribution in [3.63, 3.8) is 0 Å². The number of nitrogen functional groups attached to an aromatic ring is 1. The highest BCUT2D eigenvalue weighted by atomic mass is 16.5. The van der Waals surface area contributed by atoms with Gasteiger partial charge in [-0.05, 0) is 49.8 Å². The first-order valence-electron chi connectivity index (χ1n) is 7.90. The summed E-state index contributed by atoms with van der Waals surface area (Å²) in [6.45, 7) is 5.43. The molecule has 1 fully saturated rings. The number of nitrogens with one attached hydrogen (secondary N) is 1. The van der Waals surface area contributed by atoms with Crippen LogP contribution in [0.25, 0.3) is 0 Å². The molecule has 2 unspecified atom stereocenters. The summed E-state index contributed by atoms with van der Waals surface area (Å²) >= 11 is 0. The van der Waals surface area contributed by atoms with E-state index in [2.05, 4.69) is 12.2 Å².